The van der Waals surface area contributed by atoms with Crippen LogP contribution in [0.4, 0.5) is 0 Å². The summed E-state index contributed by atoms with van der Waals surface area (Å²) in [5, 5.41) is 7.76. The Bertz CT molecular complexity index is 296. The van der Waals surface area contributed by atoms with E-state index >= 15 is 0 Å². The second-order valence-corrected chi connectivity index (χ2v) is 3.53. The van der Waals surface area contributed by atoms with Gasteiger partial charge in [0, 0.05) is 13.7 Å². The third-order valence-corrected chi connectivity index (χ3v) is 2.56. The minimum absolute atomic E-state index is 0.225. The van der Waals surface area contributed by atoms with Gasteiger partial charge in [-0.15, -0.1) is 0 Å². The maximum Gasteiger partial charge on any atom is 0.0727 e. The number of aryl methyl sites for hydroxylation is 2. The SMILES string of the molecule is CCc1cc(C(COC)NC)n(CC)n1. The summed E-state index contributed by atoms with van der Waals surface area (Å²) in [5.74, 6) is 0. The topological polar surface area (TPSA) is 39.1 Å². The molecule has 15 heavy (non-hydrogen) atoms. The van der Waals surface area contributed by atoms with Crippen LogP contribution < -0.4 is 5.32 Å². The fourth-order valence-corrected chi connectivity index (χ4v) is 1.68. The highest BCUT2D eigenvalue weighted by Gasteiger charge is 2.15. The third-order valence-electron chi connectivity index (χ3n) is 2.56. The Hall–Kier alpha value is -0.870. The monoisotopic (exact) mass is 211 g/mol. The maximum absolute atomic E-state index is 5.19. The van der Waals surface area contributed by atoms with Crippen molar-refractivity contribution in [3.05, 3.63) is 17.5 Å². The van der Waals surface area contributed by atoms with Crippen molar-refractivity contribution in [1.82, 2.24) is 15.1 Å². The van der Waals surface area contributed by atoms with Gasteiger partial charge in [-0.1, -0.05) is 6.92 Å². The zero-order valence-electron chi connectivity index (χ0n) is 10.1. The van der Waals surface area contributed by atoms with Crippen molar-refractivity contribution in [3.8, 4) is 0 Å². The Morgan fingerprint density at radius 3 is 2.73 bits per heavy atom. The lowest BCUT2D eigenvalue weighted by atomic mass is 10.2. The molecule has 1 aromatic heterocycles. The molecule has 0 aromatic carbocycles. The molecule has 0 amide bonds. The lowest BCUT2D eigenvalue weighted by Crippen LogP contribution is -2.24. The van der Waals surface area contributed by atoms with Crippen molar-refractivity contribution in [2.75, 3.05) is 20.8 Å². The van der Waals surface area contributed by atoms with E-state index in [4.69, 9.17) is 4.74 Å². The predicted molar refractivity (Wildman–Crippen MR) is 61.0 cm³/mol. The van der Waals surface area contributed by atoms with Crippen LogP contribution in [0.25, 0.3) is 0 Å². The van der Waals surface area contributed by atoms with Crippen molar-refractivity contribution >= 4 is 0 Å². The molecule has 1 atom stereocenters. The molecule has 1 heterocycles. The molecular formula is C11H21N3O. The van der Waals surface area contributed by atoms with Gasteiger partial charge < -0.3 is 10.1 Å². The van der Waals surface area contributed by atoms with Crippen LogP contribution in [-0.4, -0.2) is 30.5 Å². The Labute approximate surface area is 91.6 Å². The summed E-state index contributed by atoms with van der Waals surface area (Å²) in [7, 11) is 3.67. The van der Waals surface area contributed by atoms with Crippen molar-refractivity contribution in [2.24, 2.45) is 0 Å². The fraction of sp³-hybridized carbons (Fsp3) is 0.727. The number of methoxy groups -OCH3 is 1. The Morgan fingerprint density at radius 1 is 1.53 bits per heavy atom. The van der Waals surface area contributed by atoms with Crippen LogP contribution in [0.2, 0.25) is 0 Å². The highest BCUT2D eigenvalue weighted by molar-refractivity contribution is 5.14. The van der Waals surface area contributed by atoms with Crippen LogP contribution in [0.1, 0.15) is 31.3 Å². The smallest absolute Gasteiger partial charge is 0.0727 e. The summed E-state index contributed by atoms with van der Waals surface area (Å²) < 4.78 is 7.23. The fourth-order valence-electron chi connectivity index (χ4n) is 1.68. The maximum atomic E-state index is 5.19. The first-order valence-electron chi connectivity index (χ1n) is 5.49. The van der Waals surface area contributed by atoms with Crippen LogP contribution in [-0.2, 0) is 17.7 Å². The van der Waals surface area contributed by atoms with E-state index in [1.807, 2.05) is 11.7 Å². The number of likely N-dealkylation sites (N-methyl/N-ethyl adjacent to an activating group) is 1. The number of hydrogen-bond acceptors (Lipinski definition) is 3. The van der Waals surface area contributed by atoms with E-state index in [-0.39, 0.29) is 6.04 Å². The van der Waals surface area contributed by atoms with Crippen LogP contribution in [0.5, 0.6) is 0 Å². The molecule has 1 aromatic rings. The molecule has 0 radical (unpaired) electrons. The van der Waals surface area contributed by atoms with E-state index in [1.165, 1.54) is 5.69 Å². The van der Waals surface area contributed by atoms with Crippen molar-refractivity contribution in [2.45, 2.75) is 32.9 Å². The number of ether oxygens (including phenoxy) is 1. The van der Waals surface area contributed by atoms with Gasteiger partial charge in [-0.2, -0.15) is 5.10 Å². The van der Waals surface area contributed by atoms with Gasteiger partial charge in [0.25, 0.3) is 0 Å². The van der Waals surface area contributed by atoms with Gasteiger partial charge in [0.05, 0.1) is 24.0 Å². The van der Waals surface area contributed by atoms with Crippen LogP contribution in [0.15, 0.2) is 6.07 Å². The van der Waals surface area contributed by atoms with Gasteiger partial charge in [-0.25, -0.2) is 0 Å². The van der Waals surface area contributed by atoms with Crippen LogP contribution in [0, 0.1) is 0 Å². The van der Waals surface area contributed by atoms with Crippen molar-refractivity contribution in [3.63, 3.8) is 0 Å². The molecule has 0 bridgehead atoms. The number of aromatic nitrogens is 2. The third kappa shape index (κ3) is 2.79. The molecule has 0 aliphatic rings. The first-order valence-corrected chi connectivity index (χ1v) is 5.49. The molecule has 0 saturated carbocycles. The summed E-state index contributed by atoms with van der Waals surface area (Å²) in [6.07, 6.45) is 0.976. The number of rotatable bonds is 6. The van der Waals surface area contributed by atoms with Crippen LogP contribution in [0.3, 0.4) is 0 Å². The largest absolute Gasteiger partial charge is 0.383 e. The van der Waals surface area contributed by atoms with E-state index < -0.39 is 0 Å². The van der Waals surface area contributed by atoms with Crippen molar-refractivity contribution < 1.29 is 4.74 Å². The standard InChI is InChI=1S/C11H21N3O/c1-5-9-7-11(14(6-2)13-9)10(12-3)8-15-4/h7,10,12H,5-6,8H2,1-4H3. The summed E-state index contributed by atoms with van der Waals surface area (Å²) >= 11 is 0. The molecular weight excluding hydrogens is 190 g/mol. The predicted octanol–water partition coefficient (Wildman–Crippen LogP) is 1.37. The van der Waals surface area contributed by atoms with E-state index in [0.717, 1.165) is 18.7 Å². The Kier molecular flexibility index (Phi) is 4.78. The molecule has 1 unspecified atom stereocenters. The normalized spacial score (nSPS) is 13.1. The second kappa shape index (κ2) is 5.88. The van der Waals surface area contributed by atoms with Gasteiger partial charge in [0.15, 0.2) is 0 Å². The molecule has 0 aliphatic carbocycles. The molecule has 1 N–H and O–H groups in total. The Balaban J connectivity index is 2.93. The van der Waals surface area contributed by atoms with E-state index in [9.17, 15) is 0 Å². The average Bonchev–Trinajstić information content (AvgIpc) is 2.68. The lowest BCUT2D eigenvalue weighted by Gasteiger charge is -2.16. The van der Waals surface area contributed by atoms with E-state index in [2.05, 4.69) is 30.3 Å². The number of nitrogens with one attached hydrogen (secondary N) is 1. The molecule has 0 saturated heterocycles. The van der Waals surface area contributed by atoms with Gasteiger partial charge in [-0.3, -0.25) is 4.68 Å². The van der Waals surface area contributed by atoms with Crippen molar-refractivity contribution in [1.29, 1.82) is 0 Å². The van der Waals surface area contributed by atoms with Crippen LogP contribution >= 0.6 is 0 Å². The van der Waals surface area contributed by atoms with Gasteiger partial charge in [0.2, 0.25) is 0 Å². The Morgan fingerprint density at radius 2 is 2.27 bits per heavy atom. The van der Waals surface area contributed by atoms with Gasteiger partial charge in [0.1, 0.15) is 0 Å². The summed E-state index contributed by atoms with van der Waals surface area (Å²) in [5.41, 5.74) is 2.35. The minimum atomic E-state index is 0.225. The lowest BCUT2D eigenvalue weighted by molar-refractivity contribution is 0.167. The molecule has 0 aliphatic heterocycles. The highest BCUT2D eigenvalue weighted by atomic mass is 16.5. The molecule has 1 rings (SSSR count). The van der Waals surface area contributed by atoms with E-state index in [0.29, 0.717) is 6.61 Å². The summed E-state index contributed by atoms with van der Waals surface area (Å²) in [6.45, 7) is 5.80. The average molecular weight is 211 g/mol. The van der Waals surface area contributed by atoms with Gasteiger partial charge in [-0.05, 0) is 26.5 Å². The minimum Gasteiger partial charge on any atom is -0.383 e. The first kappa shape index (κ1) is 12.2. The molecule has 0 spiro atoms. The van der Waals surface area contributed by atoms with E-state index in [1.54, 1.807) is 7.11 Å². The quantitative estimate of drug-likeness (QED) is 0.772. The summed E-state index contributed by atoms with van der Waals surface area (Å²) in [6, 6.07) is 2.38. The number of nitrogens with zero attached hydrogens (tertiary/aromatic N) is 2. The second-order valence-electron chi connectivity index (χ2n) is 3.53. The molecule has 0 fully saturated rings. The number of hydrogen-bond donors (Lipinski definition) is 1. The molecule has 86 valence electrons. The zero-order chi connectivity index (χ0) is 11.3. The van der Waals surface area contributed by atoms with Gasteiger partial charge >= 0.3 is 0 Å². The first-order chi connectivity index (χ1) is 7.26. The molecule has 4 heteroatoms. The highest BCUT2D eigenvalue weighted by Crippen LogP contribution is 2.15. The summed E-state index contributed by atoms with van der Waals surface area (Å²) in [4.78, 5) is 0. The molecule has 4 nitrogen and oxygen atoms in total. The zero-order valence-corrected chi connectivity index (χ0v) is 10.1.